The van der Waals surface area contributed by atoms with E-state index in [4.69, 9.17) is 0 Å². The van der Waals surface area contributed by atoms with E-state index in [1.807, 2.05) is 13.0 Å². The summed E-state index contributed by atoms with van der Waals surface area (Å²) in [6.45, 7) is 1.87. The molecule has 6 heteroatoms. The first-order valence-electron chi connectivity index (χ1n) is 6.71. The Bertz CT molecular complexity index is 611. The van der Waals surface area contributed by atoms with Crippen molar-refractivity contribution in [2.75, 3.05) is 23.9 Å². The molecule has 1 atom stereocenters. The molecule has 20 heavy (non-hydrogen) atoms. The normalized spacial score (nSPS) is 21.2. The van der Waals surface area contributed by atoms with Crippen LogP contribution in [0.1, 0.15) is 28.8 Å². The zero-order valence-electron chi connectivity index (χ0n) is 11.8. The van der Waals surface area contributed by atoms with E-state index in [0.29, 0.717) is 12.0 Å². The smallest absolute Gasteiger partial charge is 0.251 e. The molecule has 1 aromatic rings. The maximum Gasteiger partial charge on any atom is 0.251 e. The third-order valence-electron chi connectivity index (χ3n) is 3.63. The number of sulfone groups is 1. The van der Waals surface area contributed by atoms with E-state index in [-0.39, 0.29) is 23.5 Å². The Kier molecular flexibility index (Phi) is 4.32. The third-order valence-corrected chi connectivity index (χ3v) is 5.45. The highest BCUT2D eigenvalue weighted by molar-refractivity contribution is 7.91. The predicted molar refractivity (Wildman–Crippen MR) is 79.9 cm³/mol. The van der Waals surface area contributed by atoms with Gasteiger partial charge >= 0.3 is 0 Å². The summed E-state index contributed by atoms with van der Waals surface area (Å²) in [5.41, 5.74) is 2.28. The van der Waals surface area contributed by atoms with Crippen LogP contribution in [0.5, 0.6) is 0 Å². The predicted octanol–water partition coefficient (Wildman–Crippen LogP) is 1.34. The maximum atomic E-state index is 11.7. The van der Waals surface area contributed by atoms with Gasteiger partial charge in [0.05, 0.1) is 11.5 Å². The number of rotatable bonds is 3. The molecule has 0 saturated carbocycles. The minimum absolute atomic E-state index is 0.0765. The van der Waals surface area contributed by atoms with Gasteiger partial charge in [0.15, 0.2) is 9.84 Å². The molecule has 1 aliphatic heterocycles. The van der Waals surface area contributed by atoms with E-state index in [0.717, 1.165) is 17.7 Å². The zero-order valence-corrected chi connectivity index (χ0v) is 12.6. The van der Waals surface area contributed by atoms with Crippen LogP contribution in [0, 0.1) is 6.92 Å². The van der Waals surface area contributed by atoms with Crippen molar-refractivity contribution in [1.82, 2.24) is 5.32 Å². The molecule has 0 bridgehead atoms. The van der Waals surface area contributed by atoms with Crippen LogP contribution in [-0.4, -0.2) is 38.9 Å². The third kappa shape index (κ3) is 3.30. The van der Waals surface area contributed by atoms with Crippen LogP contribution in [-0.2, 0) is 9.84 Å². The molecule has 1 aromatic carbocycles. The molecule has 1 saturated heterocycles. The Labute approximate surface area is 119 Å². The minimum Gasteiger partial charge on any atom is -0.381 e. The fourth-order valence-electron chi connectivity index (χ4n) is 2.53. The summed E-state index contributed by atoms with van der Waals surface area (Å²) >= 11 is 0. The number of carbonyl (C=O) groups excluding carboxylic acids is 1. The topological polar surface area (TPSA) is 75.3 Å². The number of hydrogen-bond acceptors (Lipinski definition) is 4. The average Bonchev–Trinajstić information content (AvgIpc) is 2.39. The van der Waals surface area contributed by atoms with Gasteiger partial charge in [-0.1, -0.05) is 6.07 Å². The van der Waals surface area contributed by atoms with Gasteiger partial charge in [0.2, 0.25) is 0 Å². The van der Waals surface area contributed by atoms with Crippen molar-refractivity contribution < 1.29 is 13.2 Å². The second-order valence-corrected chi connectivity index (χ2v) is 7.38. The van der Waals surface area contributed by atoms with Gasteiger partial charge in [-0.3, -0.25) is 4.79 Å². The monoisotopic (exact) mass is 296 g/mol. The van der Waals surface area contributed by atoms with Crippen molar-refractivity contribution >= 4 is 21.4 Å². The molecular formula is C14H20N2O3S. The van der Waals surface area contributed by atoms with Gasteiger partial charge in [0.25, 0.3) is 5.91 Å². The molecular weight excluding hydrogens is 276 g/mol. The van der Waals surface area contributed by atoms with Crippen LogP contribution in [0.25, 0.3) is 0 Å². The molecule has 0 spiro atoms. The van der Waals surface area contributed by atoms with Gasteiger partial charge < -0.3 is 10.6 Å². The van der Waals surface area contributed by atoms with Crippen molar-refractivity contribution in [1.29, 1.82) is 0 Å². The second kappa shape index (κ2) is 5.83. The molecule has 5 nitrogen and oxygen atoms in total. The highest BCUT2D eigenvalue weighted by atomic mass is 32.2. The van der Waals surface area contributed by atoms with Crippen LogP contribution >= 0.6 is 0 Å². The lowest BCUT2D eigenvalue weighted by molar-refractivity contribution is 0.0962. The Morgan fingerprint density at radius 2 is 2.10 bits per heavy atom. The molecule has 2 N–H and O–H groups in total. The Morgan fingerprint density at radius 1 is 1.35 bits per heavy atom. The van der Waals surface area contributed by atoms with E-state index in [1.165, 1.54) is 0 Å². The SMILES string of the molecule is CNC(=O)c1cccc(NC2CCCS(=O)(=O)C2)c1C. The zero-order chi connectivity index (χ0) is 14.8. The standard InChI is InChI=1S/C14H20N2O3S/c1-10-12(14(17)15-2)6-3-7-13(10)16-11-5-4-8-20(18,19)9-11/h3,6-7,11,16H,4-5,8-9H2,1-2H3,(H,15,17). The molecule has 0 aromatic heterocycles. The molecule has 110 valence electrons. The summed E-state index contributed by atoms with van der Waals surface area (Å²) in [5.74, 6) is 0.307. The fourth-order valence-corrected chi connectivity index (χ4v) is 4.17. The van der Waals surface area contributed by atoms with E-state index in [2.05, 4.69) is 10.6 Å². The van der Waals surface area contributed by atoms with Gasteiger partial charge in [0.1, 0.15) is 0 Å². The summed E-state index contributed by atoms with van der Waals surface area (Å²) in [6.07, 6.45) is 1.52. The molecule has 1 amide bonds. The first kappa shape index (κ1) is 14.8. The fraction of sp³-hybridized carbons (Fsp3) is 0.500. The van der Waals surface area contributed by atoms with Crippen LogP contribution in [0.3, 0.4) is 0 Å². The lowest BCUT2D eigenvalue weighted by Crippen LogP contribution is -2.35. The van der Waals surface area contributed by atoms with Gasteiger partial charge in [-0.05, 0) is 37.5 Å². The van der Waals surface area contributed by atoms with Gasteiger partial charge in [-0.15, -0.1) is 0 Å². The number of anilines is 1. The van der Waals surface area contributed by atoms with E-state index >= 15 is 0 Å². The Hall–Kier alpha value is -1.56. The van der Waals surface area contributed by atoms with Crippen molar-refractivity contribution in [2.45, 2.75) is 25.8 Å². The van der Waals surface area contributed by atoms with E-state index < -0.39 is 9.84 Å². The quantitative estimate of drug-likeness (QED) is 0.882. The van der Waals surface area contributed by atoms with E-state index in [1.54, 1.807) is 19.2 Å². The lowest BCUT2D eigenvalue weighted by Gasteiger charge is -2.25. The van der Waals surface area contributed by atoms with Gasteiger partial charge in [-0.25, -0.2) is 8.42 Å². The molecule has 1 heterocycles. The van der Waals surface area contributed by atoms with Crippen molar-refractivity contribution in [3.05, 3.63) is 29.3 Å². The first-order chi connectivity index (χ1) is 9.43. The van der Waals surface area contributed by atoms with Crippen molar-refractivity contribution in [2.24, 2.45) is 0 Å². The van der Waals surface area contributed by atoms with Crippen LogP contribution < -0.4 is 10.6 Å². The second-order valence-electron chi connectivity index (χ2n) is 5.16. The van der Waals surface area contributed by atoms with Crippen LogP contribution in [0.4, 0.5) is 5.69 Å². The van der Waals surface area contributed by atoms with Gasteiger partial charge in [0, 0.05) is 24.3 Å². The number of amides is 1. The summed E-state index contributed by atoms with van der Waals surface area (Å²) in [4.78, 5) is 11.7. The average molecular weight is 296 g/mol. The Balaban J connectivity index is 2.20. The van der Waals surface area contributed by atoms with Crippen molar-refractivity contribution in [3.63, 3.8) is 0 Å². The largest absolute Gasteiger partial charge is 0.381 e. The molecule has 1 unspecified atom stereocenters. The summed E-state index contributed by atoms with van der Waals surface area (Å²) in [5, 5.41) is 5.87. The van der Waals surface area contributed by atoms with Crippen molar-refractivity contribution in [3.8, 4) is 0 Å². The first-order valence-corrected chi connectivity index (χ1v) is 8.54. The molecule has 0 radical (unpaired) electrons. The van der Waals surface area contributed by atoms with Crippen LogP contribution in [0.15, 0.2) is 18.2 Å². The highest BCUT2D eigenvalue weighted by Gasteiger charge is 2.25. The number of carbonyl (C=O) groups is 1. The Morgan fingerprint density at radius 3 is 2.75 bits per heavy atom. The summed E-state index contributed by atoms with van der Waals surface area (Å²) < 4.78 is 23.3. The highest BCUT2D eigenvalue weighted by Crippen LogP contribution is 2.23. The molecule has 0 aliphatic carbocycles. The summed E-state index contributed by atoms with van der Waals surface area (Å²) in [7, 11) is -1.34. The molecule has 1 aliphatic rings. The number of nitrogens with one attached hydrogen (secondary N) is 2. The molecule has 2 rings (SSSR count). The lowest BCUT2D eigenvalue weighted by atomic mass is 10.0. The van der Waals surface area contributed by atoms with Gasteiger partial charge in [-0.2, -0.15) is 0 Å². The molecule has 1 fully saturated rings. The number of hydrogen-bond donors (Lipinski definition) is 2. The number of benzene rings is 1. The van der Waals surface area contributed by atoms with Crippen LogP contribution in [0.2, 0.25) is 0 Å². The summed E-state index contributed by atoms with van der Waals surface area (Å²) in [6, 6.07) is 5.37. The minimum atomic E-state index is -2.94. The maximum absolute atomic E-state index is 11.7. The van der Waals surface area contributed by atoms with E-state index in [9.17, 15) is 13.2 Å².